The van der Waals surface area contributed by atoms with Gasteiger partial charge < -0.3 is 18.3 Å². The van der Waals surface area contributed by atoms with Crippen molar-refractivity contribution < 1.29 is 0 Å². The number of aromatic nitrogens is 8. The number of aryl methyl sites for hydroxylation is 8. The Morgan fingerprint density at radius 1 is 0.350 bits per heavy atom. The number of hydrogen-bond donors (Lipinski definition) is 0. The molecule has 12 heteroatoms. The second-order valence-corrected chi connectivity index (χ2v) is 12.4. The molecule has 40 heavy (non-hydrogen) atoms. The van der Waals surface area contributed by atoms with Crippen molar-refractivity contribution in [2.24, 2.45) is 28.2 Å². The normalized spacial score (nSPS) is 10.4. The third-order valence-electron chi connectivity index (χ3n) is 6.49. The molecule has 0 saturated carbocycles. The van der Waals surface area contributed by atoms with Crippen molar-refractivity contribution in [3.8, 4) is 0 Å². The van der Waals surface area contributed by atoms with E-state index in [2.05, 4.69) is 63.2 Å². The minimum absolute atomic E-state index is 1.09. The molecule has 8 nitrogen and oxygen atoms in total. The van der Waals surface area contributed by atoms with Gasteiger partial charge in [-0.1, -0.05) is 0 Å². The summed E-state index contributed by atoms with van der Waals surface area (Å²) < 4.78 is 8.44. The summed E-state index contributed by atoms with van der Waals surface area (Å²) in [7, 11) is 8.17. The highest BCUT2D eigenvalue weighted by molar-refractivity contribution is 7.99. The molecule has 0 unspecified atom stereocenters. The Morgan fingerprint density at radius 2 is 0.500 bits per heavy atom. The van der Waals surface area contributed by atoms with Gasteiger partial charge in [-0.15, -0.1) is 47.0 Å². The number of imidazole rings is 4. The first-order valence-corrected chi connectivity index (χ1v) is 17.7. The van der Waals surface area contributed by atoms with Crippen LogP contribution in [0, 0.1) is 55.4 Å². The van der Waals surface area contributed by atoms with Crippen molar-refractivity contribution in [3.05, 3.63) is 46.1 Å². The Labute approximate surface area is 259 Å². The summed E-state index contributed by atoms with van der Waals surface area (Å²) in [6, 6.07) is 0. The van der Waals surface area contributed by atoms with E-state index in [1.165, 1.54) is 20.1 Å². The minimum atomic E-state index is 1.09. The molecule has 0 aliphatic heterocycles. The van der Waals surface area contributed by atoms with E-state index in [0.29, 0.717) is 0 Å². The van der Waals surface area contributed by atoms with Crippen LogP contribution < -0.4 is 0 Å². The zero-order valence-corrected chi connectivity index (χ0v) is 30.5. The maximum Gasteiger partial charge on any atom is 0.106 e. The Kier molecular flexibility index (Phi) is 15.1. The molecule has 0 fully saturated rings. The van der Waals surface area contributed by atoms with E-state index in [1.807, 2.05) is 83.6 Å². The van der Waals surface area contributed by atoms with Gasteiger partial charge in [0.1, 0.15) is 23.3 Å². The molecule has 0 spiro atoms. The lowest BCUT2D eigenvalue weighted by Crippen LogP contribution is -1.92. The third-order valence-corrected chi connectivity index (χ3v) is 10.3. The largest absolute Gasteiger partial charge is 0.326 e. The predicted molar refractivity (Wildman–Crippen MR) is 178 cm³/mol. The van der Waals surface area contributed by atoms with Gasteiger partial charge in [0, 0.05) is 28.2 Å². The number of rotatable bonds is 4. The molecular formula is C28H48N8S4. The number of hydrogen-bond acceptors (Lipinski definition) is 8. The molecular weight excluding hydrogens is 577 g/mol. The molecule has 0 radical (unpaired) electrons. The average molecular weight is 625 g/mol. The van der Waals surface area contributed by atoms with E-state index in [4.69, 9.17) is 0 Å². The second kappa shape index (κ2) is 16.6. The Hall–Kier alpha value is -1.76. The van der Waals surface area contributed by atoms with Gasteiger partial charge >= 0.3 is 0 Å². The summed E-state index contributed by atoms with van der Waals surface area (Å²) >= 11 is 6.97. The van der Waals surface area contributed by atoms with Crippen LogP contribution in [-0.4, -0.2) is 63.2 Å². The van der Waals surface area contributed by atoms with Crippen LogP contribution in [0.25, 0.3) is 0 Å². The zero-order valence-electron chi connectivity index (χ0n) is 27.2. The highest BCUT2D eigenvalue weighted by Crippen LogP contribution is 2.21. The standard InChI is InChI=1S/4C7H12N2S/c4*1-5-7(10-4)9(3)6(2)8-5/h4*1-4H3. The quantitative estimate of drug-likeness (QED) is 0.224. The topological polar surface area (TPSA) is 71.3 Å². The number of nitrogens with zero attached hydrogens (tertiary/aromatic N) is 8. The first-order chi connectivity index (χ1) is 18.7. The molecule has 0 amide bonds. The van der Waals surface area contributed by atoms with Crippen LogP contribution in [0.3, 0.4) is 0 Å². The fourth-order valence-corrected chi connectivity index (χ4v) is 7.15. The lowest BCUT2D eigenvalue weighted by molar-refractivity contribution is 0.783. The second-order valence-electron chi connectivity index (χ2n) is 9.25. The van der Waals surface area contributed by atoms with Crippen LogP contribution in [0.2, 0.25) is 0 Å². The molecule has 0 N–H and O–H groups in total. The maximum absolute atomic E-state index is 4.32. The lowest BCUT2D eigenvalue weighted by atomic mass is 10.6. The van der Waals surface area contributed by atoms with E-state index >= 15 is 0 Å². The highest BCUT2D eigenvalue weighted by Gasteiger charge is 2.07. The summed E-state index contributed by atoms with van der Waals surface area (Å²) in [5.41, 5.74) is 4.53. The van der Waals surface area contributed by atoms with Crippen molar-refractivity contribution in [3.63, 3.8) is 0 Å². The van der Waals surface area contributed by atoms with Crippen molar-refractivity contribution in [1.29, 1.82) is 0 Å². The summed E-state index contributed by atoms with van der Waals surface area (Å²) in [5, 5.41) is 5.05. The van der Waals surface area contributed by atoms with Crippen molar-refractivity contribution in [1.82, 2.24) is 38.2 Å². The molecule has 0 saturated heterocycles. The van der Waals surface area contributed by atoms with Gasteiger partial charge in [-0.25, -0.2) is 19.9 Å². The van der Waals surface area contributed by atoms with Gasteiger partial charge in [-0.3, -0.25) is 0 Å². The van der Waals surface area contributed by atoms with E-state index in [-0.39, 0.29) is 0 Å². The van der Waals surface area contributed by atoms with Gasteiger partial charge in [0.2, 0.25) is 0 Å². The molecule has 224 valence electrons. The fraction of sp³-hybridized carbons (Fsp3) is 0.571. The molecule has 4 heterocycles. The first kappa shape index (κ1) is 36.3. The smallest absolute Gasteiger partial charge is 0.106 e. The molecule has 4 aromatic rings. The van der Waals surface area contributed by atoms with Gasteiger partial charge in [0.25, 0.3) is 0 Å². The van der Waals surface area contributed by atoms with Crippen molar-refractivity contribution in [2.75, 3.05) is 25.0 Å². The van der Waals surface area contributed by atoms with Crippen molar-refractivity contribution in [2.45, 2.75) is 75.5 Å². The summed E-state index contributed by atoms with van der Waals surface area (Å²) in [6.45, 7) is 16.2. The molecule has 4 aromatic heterocycles. The molecule has 0 aliphatic rings. The lowest BCUT2D eigenvalue weighted by Gasteiger charge is -1.98. The van der Waals surface area contributed by atoms with Crippen LogP contribution in [-0.2, 0) is 28.2 Å². The monoisotopic (exact) mass is 624 g/mol. The Bertz CT molecular complexity index is 1170. The molecule has 0 bridgehead atoms. The average Bonchev–Trinajstić information content (AvgIpc) is 3.49. The zero-order chi connectivity index (χ0) is 30.9. The Balaban J connectivity index is 0.000000267. The first-order valence-electron chi connectivity index (χ1n) is 12.8. The van der Waals surface area contributed by atoms with Crippen LogP contribution >= 0.6 is 47.0 Å². The molecule has 0 aliphatic carbocycles. The number of thioether (sulfide) groups is 4. The predicted octanol–water partition coefficient (Wildman–Crippen LogP) is 7.04. The van der Waals surface area contributed by atoms with Gasteiger partial charge in [0.15, 0.2) is 0 Å². The maximum atomic E-state index is 4.32. The minimum Gasteiger partial charge on any atom is -0.326 e. The molecule has 0 aromatic carbocycles. The summed E-state index contributed by atoms with van der Waals surface area (Å²) in [6.07, 6.45) is 8.29. The van der Waals surface area contributed by atoms with Crippen LogP contribution in [0.5, 0.6) is 0 Å². The highest BCUT2D eigenvalue weighted by atomic mass is 32.2. The summed E-state index contributed by atoms with van der Waals surface area (Å²) in [4.78, 5) is 17.3. The van der Waals surface area contributed by atoms with Crippen LogP contribution in [0.15, 0.2) is 20.1 Å². The van der Waals surface area contributed by atoms with Gasteiger partial charge in [-0.05, 0) is 80.4 Å². The SMILES string of the molecule is CSc1c(C)nc(C)n1C.CSc1c(C)nc(C)n1C.CSc1c(C)nc(C)n1C.CSc1c(C)nc(C)n1C. The van der Waals surface area contributed by atoms with E-state index in [9.17, 15) is 0 Å². The van der Waals surface area contributed by atoms with Crippen LogP contribution in [0.1, 0.15) is 46.1 Å². The van der Waals surface area contributed by atoms with Crippen LogP contribution in [0.4, 0.5) is 0 Å². The van der Waals surface area contributed by atoms with E-state index in [0.717, 1.165) is 46.1 Å². The van der Waals surface area contributed by atoms with Gasteiger partial charge in [0.05, 0.1) is 42.9 Å². The fourth-order valence-electron chi connectivity index (χ4n) is 4.16. The molecule has 0 atom stereocenters. The van der Waals surface area contributed by atoms with Crippen molar-refractivity contribution >= 4 is 47.0 Å². The molecule has 4 rings (SSSR count). The third kappa shape index (κ3) is 9.12. The van der Waals surface area contributed by atoms with Gasteiger partial charge in [-0.2, -0.15) is 0 Å². The Morgan fingerprint density at radius 3 is 0.550 bits per heavy atom. The summed E-state index contributed by atoms with van der Waals surface area (Å²) in [5.74, 6) is 4.34. The van der Waals surface area contributed by atoms with E-state index in [1.54, 1.807) is 47.0 Å². The van der Waals surface area contributed by atoms with E-state index < -0.39 is 0 Å².